The van der Waals surface area contributed by atoms with Gasteiger partial charge in [-0.05, 0) is 31.0 Å². The number of rotatable bonds is 5. The van der Waals surface area contributed by atoms with E-state index in [0.29, 0.717) is 23.6 Å². The standard InChI is InChI=1S/C20H19N3O2S2/c1-3-9-23-19(25)15-11-13(2)27-18(15)21-20(23)26-12-17(24)22-10-8-14-6-4-5-7-16(14)22/h3-7,11H,1,8-10,12H2,2H3. The van der Waals surface area contributed by atoms with E-state index in [2.05, 4.69) is 17.6 Å². The van der Waals surface area contributed by atoms with E-state index in [1.165, 1.54) is 28.7 Å². The van der Waals surface area contributed by atoms with Crippen LogP contribution in [0.15, 0.2) is 52.9 Å². The molecule has 1 aliphatic heterocycles. The van der Waals surface area contributed by atoms with Crippen molar-refractivity contribution in [1.82, 2.24) is 9.55 Å². The van der Waals surface area contributed by atoms with Crippen molar-refractivity contribution in [1.29, 1.82) is 0 Å². The van der Waals surface area contributed by atoms with Crippen LogP contribution in [0, 0.1) is 6.92 Å². The summed E-state index contributed by atoms with van der Waals surface area (Å²) >= 11 is 2.81. The highest BCUT2D eigenvalue weighted by molar-refractivity contribution is 7.99. The number of fused-ring (bicyclic) bond motifs is 2. The van der Waals surface area contributed by atoms with Crippen LogP contribution in [-0.2, 0) is 17.8 Å². The van der Waals surface area contributed by atoms with Gasteiger partial charge >= 0.3 is 0 Å². The van der Waals surface area contributed by atoms with E-state index in [9.17, 15) is 9.59 Å². The summed E-state index contributed by atoms with van der Waals surface area (Å²) in [6.45, 7) is 6.78. The topological polar surface area (TPSA) is 55.2 Å². The number of carbonyl (C=O) groups excluding carboxylic acids is 1. The molecule has 0 saturated carbocycles. The second-order valence-corrected chi connectivity index (χ2v) is 8.56. The number of thioether (sulfide) groups is 1. The molecule has 1 aromatic carbocycles. The summed E-state index contributed by atoms with van der Waals surface area (Å²) in [5.41, 5.74) is 2.11. The molecular weight excluding hydrogens is 378 g/mol. The largest absolute Gasteiger partial charge is 0.311 e. The normalized spacial score (nSPS) is 13.1. The summed E-state index contributed by atoms with van der Waals surface area (Å²) in [5.74, 6) is 0.278. The Morgan fingerprint density at radius 2 is 2.22 bits per heavy atom. The Morgan fingerprint density at radius 3 is 3.04 bits per heavy atom. The van der Waals surface area contributed by atoms with Gasteiger partial charge < -0.3 is 4.90 Å². The van der Waals surface area contributed by atoms with Gasteiger partial charge in [0.05, 0.1) is 11.1 Å². The molecule has 27 heavy (non-hydrogen) atoms. The van der Waals surface area contributed by atoms with Crippen LogP contribution in [0.2, 0.25) is 0 Å². The van der Waals surface area contributed by atoms with Crippen molar-refractivity contribution in [2.24, 2.45) is 0 Å². The van der Waals surface area contributed by atoms with Crippen LogP contribution >= 0.6 is 23.1 Å². The molecule has 0 atom stereocenters. The van der Waals surface area contributed by atoms with Crippen molar-refractivity contribution in [3.63, 3.8) is 0 Å². The van der Waals surface area contributed by atoms with Gasteiger partial charge in [0.2, 0.25) is 5.91 Å². The quantitative estimate of drug-likeness (QED) is 0.375. The zero-order valence-electron chi connectivity index (χ0n) is 15.0. The van der Waals surface area contributed by atoms with Gasteiger partial charge in [-0.3, -0.25) is 14.2 Å². The molecule has 1 aliphatic rings. The number of benzene rings is 1. The molecule has 0 fully saturated rings. The summed E-state index contributed by atoms with van der Waals surface area (Å²) < 4.78 is 1.59. The summed E-state index contributed by atoms with van der Waals surface area (Å²) in [6.07, 6.45) is 2.56. The molecule has 0 radical (unpaired) electrons. The summed E-state index contributed by atoms with van der Waals surface area (Å²) in [5, 5.41) is 1.19. The van der Waals surface area contributed by atoms with E-state index in [1.54, 1.807) is 10.6 Å². The molecule has 0 aliphatic carbocycles. The maximum atomic E-state index is 12.8. The average molecular weight is 398 g/mol. The lowest BCUT2D eigenvalue weighted by Gasteiger charge is -2.17. The molecule has 3 heterocycles. The second-order valence-electron chi connectivity index (χ2n) is 6.39. The monoisotopic (exact) mass is 397 g/mol. The number of hydrogen-bond donors (Lipinski definition) is 0. The number of nitrogens with zero attached hydrogens (tertiary/aromatic N) is 3. The average Bonchev–Trinajstić information content (AvgIpc) is 3.25. The highest BCUT2D eigenvalue weighted by Gasteiger charge is 2.24. The summed E-state index contributed by atoms with van der Waals surface area (Å²) in [7, 11) is 0. The van der Waals surface area contributed by atoms with E-state index in [0.717, 1.165) is 21.8 Å². The Hall–Kier alpha value is -2.38. The molecule has 3 aromatic rings. The lowest BCUT2D eigenvalue weighted by Crippen LogP contribution is -2.31. The molecule has 4 rings (SSSR count). The Bertz CT molecular complexity index is 1100. The highest BCUT2D eigenvalue weighted by atomic mass is 32.2. The number of allylic oxidation sites excluding steroid dienone is 1. The van der Waals surface area contributed by atoms with E-state index in [4.69, 9.17) is 0 Å². The van der Waals surface area contributed by atoms with Gasteiger partial charge in [0.15, 0.2) is 5.16 Å². The van der Waals surface area contributed by atoms with Crippen molar-refractivity contribution in [2.45, 2.75) is 25.0 Å². The number of thiophene rings is 1. The number of amides is 1. The SMILES string of the molecule is C=CCn1c(SCC(=O)N2CCc3ccccc32)nc2sc(C)cc2c1=O. The van der Waals surface area contributed by atoms with Crippen molar-refractivity contribution in [2.75, 3.05) is 17.2 Å². The second kappa shape index (κ2) is 7.32. The number of aromatic nitrogens is 2. The fourth-order valence-electron chi connectivity index (χ4n) is 3.32. The van der Waals surface area contributed by atoms with Crippen molar-refractivity contribution in [3.05, 3.63) is 63.8 Å². The first-order valence-electron chi connectivity index (χ1n) is 8.71. The van der Waals surface area contributed by atoms with Crippen LogP contribution in [0.3, 0.4) is 0 Å². The first-order chi connectivity index (χ1) is 13.1. The number of hydrogen-bond acceptors (Lipinski definition) is 5. The van der Waals surface area contributed by atoms with E-state index in [1.807, 2.05) is 36.1 Å². The maximum absolute atomic E-state index is 12.8. The molecule has 0 N–H and O–H groups in total. The van der Waals surface area contributed by atoms with Crippen molar-refractivity contribution in [3.8, 4) is 0 Å². The predicted molar refractivity (Wildman–Crippen MR) is 112 cm³/mol. The number of para-hydroxylation sites is 1. The molecule has 5 nitrogen and oxygen atoms in total. The first-order valence-corrected chi connectivity index (χ1v) is 10.5. The third-order valence-corrected chi connectivity index (χ3v) is 6.47. The third-order valence-electron chi connectivity index (χ3n) is 4.56. The first kappa shape index (κ1) is 18.0. The van der Waals surface area contributed by atoms with Gasteiger partial charge in [-0.1, -0.05) is 36.0 Å². The van der Waals surface area contributed by atoms with E-state index >= 15 is 0 Å². The number of aryl methyl sites for hydroxylation is 1. The van der Waals surface area contributed by atoms with Crippen LogP contribution < -0.4 is 10.5 Å². The fourth-order valence-corrected chi connectivity index (χ4v) is 5.12. The molecule has 1 amide bonds. The van der Waals surface area contributed by atoms with Crippen LogP contribution in [0.5, 0.6) is 0 Å². The number of carbonyl (C=O) groups is 1. The minimum Gasteiger partial charge on any atom is -0.311 e. The van der Waals surface area contributed by atoms with Gasteiger partial charge in [0.25, 0.3) is 5.56 Å². The summed E-state index contributed by atoms with van der Waals surface area (Å²) in [4.78, 5) is 33.8. The Balaban J connectivity index is 1.60. The molecule has 0 saturated heterocycles. The zero-order chi connectivity index (χ0) is 19.0. The summed E-state index contributed by atoms with van der Waals surface area (Å²) in [6, 6.07) is 9.87. The highest BCUT2D eigenvalue weighted by Crippen LogP contribution is 2.29. The van der Waals surface area contributed by atoms with Crippen LogP contribution in [0.25, 0.3) is 10.2 Å². The van der Waals surface area contributed by atoms with Gasteiger partial charge in [0, 0.05) is 23.7 Å². The van der Waals surface area contributed by atoms with E-state index < -0.39 is 0 Å². The van der Waals surface area contributed by atoms with Crippen molar-refractivity contribution < 1.29 is 4.79 Å². The molecule has 2 aromatic heterocycles. The lowest BCUT2D eigenvalue weighted by atomic mass is 10.2. The predicted octanol–water partition coefficient (Wildman–Crippen LogP) is 3.63. The Labute approximate surface area is 165 Å². The number of anilines is 1. The van der Waals surface area contributed by atoms with Crippen LogP contribution in [0.4, 0.5) is 5.69 Å². The van der Waals surface area contributed by atoms with E-state index in [-0.39, 0.29) is 17.2 Å². The third kappa shape index (κ3) is 3.33. The molecular formula is C20H19N3O2S2. The fraction of sp³-hybridized carbons (Fsp3) is 0.250. The minimum absolute atomic E-state index is 0.0341. The van der Waals surface area contributed by atoms with Gasteiger partial charge in [-0.2, -0.15) is 0 Å². The Morgan fingerprint density at radius 1 is 1.41 bits per heavy atom. The zero-order valence-corrected chi connectivity index (χ0v) is 16.6. The van der Waals surface area contributed by atoms with Crippen LogP contribution in [0.1, 0.15) is 10.4 Å². The van der Waals surface area contributed by atoms with Gasteiger partial charge in [-0.15, -0.1) is 17.9 Å². The molecule has 138 valence electrons. The van der Waals surface area contributed by atoms with Crippen molar-refractivity contribution >= 4 is 44.9 Å². The molecule has 0 unspecified atom stereocenters. The molecule has 0 spiro atoms. The minimum atomic E-state index is -0.0780. The van der Waals surface area contributed by atoms with Gasteiger partial charge in [-0.25, -0.2) is 4.98 Å². The lowest BCUT2D eigenvalue weighted by molar-refractivity contribution is -0.116. The smallest absolute Gasteiger partial charge is 0.263 e. The maximum Gasteiger partial charge on any atom is 0.263 e. The van der Waals surface area contributed by atoms with Gasteiger partial charge in [0.1, 0.15) is 4.83 Å². The van der Waals surface area contributed by atoms with Crippen LogP contribution in [-0.4, -0.2) is 27.8 Å². The molecule has 0 bridgehead atoms. The Kier molecular flexibility index (Phi) is 4.88. The molecule has 7 heteroatoms.